The summed E-state index contributed by atoms with van der Waals surface area (Å²) >= 11 is 0. The van der Waals surface area contributed by atoms with Crippen LogP contribution in [-0.4, -0.2) is 16.3 Å². The summed E-state index contributed by atoms with van der Waals surface area (Å²) in [6, 6.07) is 48.2. The Hall–Kier alpha value is -5.55. The van der Waals surface area contributed by atoms with Gasteiger partial charge in [-0.3, -0.25) is 4.57 Å². The SMILES string of the molecule is c1ccc(B2c3ccccc3Oc3cc4c(cc32)oc2c(-c3nc5ccccc5n3-c3ccccc3)cccc24)cc1. The molecule has 0 bridgehead atoms. The molecule has 0 aliphatic carbocycles. The number of nitrogens with zero attached hydrogens (tertiary/aromatic N) is 2. The van der Waals surface area contributed by atoms with E-state index in [1.165, 1.54) is 5.46 Å². The number of para-hydroxylation sites is 5. The quantitative estimate of drug-likeness (QED) is 0.223. The lowest BCUT2D eigenvalue weighted by molar-refractivity contribution is 0.488. The Labute approximate surface area is 242 Å². The fraction of sp³-hybridized carbons (Fsp3) is 0. The fourth-order valence-electron chi connectivity index (χ4n) is 6.48. The van der Waals surface area contributed by atoms with Gasteiger partial charge in [-0.05, 0) is 59.5 Å². The summed E-state index contributed by atoms with van der Waals surface area (Å²) in [5, 5.41) is 2.06. The summed E-state index contributed by atoms with van der Waals surface area (Å²) < 4.78 is 15.5. The van der Waals surface area contributed by atoms with Gasteiger partial charge in [0.2, 0.25) is 0 Å². The Bertz CT molecular complexity index is 2290. The number of ether oxygens (including phenoxy) is 1. The van der Waals surface area contributed by atoms with Crippen molar-refractivity contribution in [2.45, 2.75) is 0 Å². The van der Waals surface area contributed by atoms with Gasteiger partial charge < -0.3 is 9.15 Å². The fourth-order valence-corrected chi connectivity index (χ4v) is 6.48. The van der Waals surface area contributed by atoms with Crippen molar-refractivity contribution in [3.63, 3.8) is 0 Å². The monoisotopic (exact) mass is 538 g/mol. The lowest BCUT2D eigenvalue weighted by atomic mass is 9.36. The maximum Gasteiger partial charge on any atom is 0.251 e. The first-order valence-electron chi connectivity index (χ1n) is 14.2. The zero-order chi connectivity index (χ0) is 27.6. The largest absolute Gasteiger partial charge is 0.458 e. The first-order valence-corrected chi connectivity index (χ1v) is 14.2. The second-order valence-electron chi connectivity index (χ2n) is 10.7. The number of rotatable bonds is 3. The summed E-state index contributed by atoms with van der Waals surface area (Å²) in [6.45, 7) is 0.0468. The van der Waals surface area contributed by atoms with E-state index in [4.69, 9.17) is 14.1 Å². The molecule has 0 atom stereocenters. The average Bonchev–Trinajstić information content (AvgIpc) is 3.61. The standard InChI is InChI=1S/C37H23BN2O2/c1-3-12-24(13-4-1)38-29-18-7-10-21-33(29)41-35-22-28-26-16-11-17-27(36(26)42-34(28)23-30(35)38)37-39-31-19-8-9-20-32(31)40(37)25-14-5-2-6-15-25/h1-23H. The zero-order valence-corrected chi connectivity index (χ0v) is 22.6. The van der Waals surface area contributed by atoms with E-state index in [0.717, 1.165) is 72.5 Å². The van der Waals surface area contributed by atoms with Crippen LogP contribution in [0.2, 0.25) is 0 Å². The minimum atomic E-state index is 0.0468. The molecule has 42 heavy (non-hydrogen) atoms. The van der Waals surface area contributed by atoms with Crippen LogP contribution < -0.4 is 21.1 Å². The van der Waals surface area contributed by atoms with Crippen molar-refractivity contribution in [1.82, 2.24) is 9.55 Å². The van der Waals surface area contributed by atoms with Crippen LogP contribution in [0.4, 0.5) is 0 Å². The molecule has 4 nitrogen and oxygen atoms in total. The van der Waals surface area contributed by atoms with E-state index < -0.39 is 0 Å². The van der Waals surface area contributed by atoms with Gasteiger partial charge in [0.15, 0.2) is 0 Å². The number of hydrogen-bond acceptors (Lipinski definition) is 3. The van der Waals surface area contributed by atoms with Gasteiger partial charge in [0.25, 0.3) is 6.71 Å². The van der Waals surface area contributed by atoms with E-state index in [2.05, 4.69) is 126 Å². The van der Waals surface area contributed by atoms with Gasteiger partial charge in [-0.15, -0.1) is 0 Å². The lowest BCUT2D eigenvalue weighted by Crippen LogP contribution is -2.54. The highest BCUT2D eigenvalue weighted by Gasteiger charge is 2.33. The van der Waals surface area contributed by atoms with Gasteiger partial charge in [-0.1, -0.05) is 96.5 Å². The van der Waals surface area contributed by atoms with E-state index in [0.29, 0.717) is 0 Å². The van der Waals surface area contributed by atoms with Gasteiger partial charge in [0.1, 0.15) is 28.5 Å². The highest BCUT2D eigenvalue weighted by Crippen LogP contribution is 2.39. The number of benzene rings is 6. The first-order chi connectivity index (χ1) is 20.8. The van der Waals surface area contributed by atoms with Gasteiger partial charge >= 0.3 is 0 Å². The highest BCUT2D eigenvalue weighted by atomic mass is 16.5. The summed E-state index contributed by atoms with van der Waals surface area (Å²) in [6.07, 6.45) is 0. The number of furan rings is 1. The van der Waals surface area contributed by atoms with E-state index in [9.17, 15) is 0 Å². The summed E-state index contributed by atoms with van der Waals surface area (Å²) in [5.74, 6) is 2.60. The van der Waals surface area contributed by atoms with Gasteiger partial charge in [0.05, 0.1) is 16.6 Å². The molecule has 0 N–H and O–H groups in total. The van der Waals surface area contributed by atoms with E-state index in [-0.39, 0.29) is 6.71 Å². The Kier molecular flexibility index (Phi) is 4.96. The summed E-state index contributed by atoms with van der Waals surface area (Å²) in [5.41, 5.74) is 9.14. The van der Waals surface area contributed by atoms with Gasteiger partial charge in [0, 0.05) is 16.5 Å². The van der Waals surface area contributed by atoms with Crippen LogP contribution in [0.25, 0.3) is 50.0 Å². The van der Waals surface area contributed by atoms with Crippen LogP contribution >= 0.6 is 0 Å². The average molecular weight is 538 g/mol. The van der Waals surface area contributed by atoms with Crippen molar-refractivity contribution >= 4 is 56.1 Å². The van der Waals surface area contributed by atoms with Crippen LogP contribution in [0, 0.1) is 0 Å². The van der Waals surface area contributed by atoms with Crippen molar-refractivity contribution in [3.8, 4) is 28.6 Å². The second kappa shape index (κ2) is 8.98. The third kappa shape index (κ3) is 3.40. The molecule has 0 spiro atoms. The van der Waals surface area contributed by atoms with Crippen molar-refractivity contribution in [3.05, 3.63) is 140 Å². The lowest BCUT2D eigenvalue weighted by Gasteiger charge is -2.26. The third-order valence-corrected chi connectivity index (χ3v) is 8.34. The predicted molar refractivity (Wildman–Crippen MR) is 171 cm³/mol. The zero-order valence-electron chi connectivity index (χ0n) is 22.6. The molecule has 0 saturated carbocycles. The molecule has 5 heteroatoms. The molecule has 9 rings (SSSR count). The van der Waals surface area contributed by atoms with Crippen LogP contribution in [0.15, 0.2) is 144 Å². The van der Waals surface area contributed by atoms with Crippen LogP contribution in [0.3, 0.4) is 0 Å². The summed E-state index contributed by atoms with van der Waals surface area (Å²) in [4.78, 5) is 5.11. The van der Waals surface area contributed by atoms with E-state index >= 15 is 0 Å². The minimum Gasteiger partial charge on any atom is -0.458 e. The molecule has 1 aliphatic heterocycles. The smallest absolute Gasteiger partial charge is 0.251 e. The van der Waals surface area contributed by atoms with Crippen molar-refractivity contribution in [1.29, 1.82) is 0 Å². The molecular weight excluding hydrogens is 515 g/mol. The molecular formula is C37H23BN2O2. The maximum atomic E-state index is 6.75. The Morgan fingerprint density at radius 2 is 1.36 bits per heavy atom. The Morgan fingerprint density at radius 3 is 2.24 bits per heavy atom. The Morgan fingerprint density at radius 1 is 0.595 bits per heavy atom. The Balaban J connectivity index is 1.30. The first kappa shape index (κ1) is 23.2. The number of fused-ring (bicyclic) bond motifs is 6. The molecule has 0 unspecified atom stereocenters. The second-order valence-corrected chi connectivity index (χ2v) is 10.7. The minimum absolute atomic E-state index is 0.0468. The molecule has 8 aromatic rings. The normalized spacial score (nSPS) is 12.4. The van der Waals surface area contributed by atoms with Crippen molar-refractivity contribution in [2.75, 3.05) is 0 Å². The van der Waals surface area contributed by atoms with Gasteiger partial charge in [-0.25, -0.2) is 4.98 Å². The molecule has 0 radical (unpaired) electrons. The molecule has 0 saturated heterocycles. The molecule has 2 aromatic heterocycles. The van der Waals surface area contributed by atoms with Gasteiger partial charge in [-0.2, -0.15) is 0 Å². The molecule has 0 fully saturated rings. The predicted octanol–water partition coefficient (Wildman–Crippen LogP) is 7.21. The van der Waals surface area contributed by atoms with Crippen molar-refractivity contribution < 1.29 is 9.15 Å². The number of aromatic nitrogens is 2. The molecule has 0 amide bonds. The van der Waals surface area contributed by atoms with Crippen LogP contribution in [0.1, 0.15) is 0 Å². The van der Waals surface area contributed by atoms with Crippen molar-refractivity contribution in [2.24, 2.45) is 0 Å². The highest BCUT2D eigenvalue weighted by molar-refractivity contribution is 6.97. The molecule has 3 heterocycles. The maximum absolute atomic E-state index is 6.75. The van der Waals surface area contributed by atoms with E-state index in [1.807, 2.05) is 18.2 Å². The van der Waals surface area contributed by atoms with Crippen LogP contribution in [0.5, 0.6) is 11.5 Å². The molecule has 1 aliphatic rings. The number of imidazole rings is 1. The number of hydrogen-bond donors (Lipinski definition) is 0. The van der Waals surface area contributed by atoms with E-state index in [1.54, 1.807) is 0 Å². The summed E-state index contributed by atoms with van der Waals surface area (Å²) in [7, 11) is 0. The molecule has 196 valence electrons. The third-order valence-electron chi connectivity index (χ3n) is 8.34. The topological polar surface area (TPSA) is 40.2 Å². The molecule has 6 aromatic carbocycles. The van der Waals surface area contributed by atoms with Crippen LogP contribution in [-0.2, 0) is 0 Å².